The topological polar surface area (TPSA) is 95.4 Å². The standard InChI is InChI=1S/C28H34FN7O2/c1-34-15-17-35(18-16-34)28(38)25(3-2-12-30-26-19-24(26)20-4-8-22(29)9-5-20)32-27(37)21-6-10-23(11-7-21)36-14-13-31-33-36/h4-11,13-14,24-26,30H,2-3,12,15-19H2,1H3,(H,32,37)/t24-,25-,26+/m0/s1/i15D2,16D2,17D2,18D2. The summed E-state index contributed by atoms with van der Waals surface area (Å²) in [5.74, 6) is -2.17. The fourth-order valence-electron chi connectivity index (χ4n) is 4.27. The number of likely N-dealkylation sites (N-methyl/N-ethyl adjacent to an activating group) is 1. The Morgan fingerprint density at radius 3 is 2.53 bits per heavy atom. The summed E-state index contributed by atoms with van der Waals surface area (Å²) in [6.45, 7) is -12.5. The van der Waals surface area contributed by atoms with Crippen molar-refractivity contribution in [1.82, 2.24) is 35.4 Å². The van der Waals surface area contributed by atoms with E-state index in [1.807, 2.05) is 0 Å². The fraction of sp³-hybridized carbons (Fsp3) is 0.429. The number of rotatable bonds is 10. The Morgan fingerprint density at radius 2 is 1.84 bits per heavy atom. The minimum absolute atomic E-state index is 0.0440. The van der Waals surface area contributed by atoms with Gasteiger partial charge in [0.1, 0.15) is 11.9 Å². The number of carbonyl (C=O) groups excluding carboxylic acids is 2. The van der Waals surface area contributed by atoms with Gasteiger partial charge in [0.2, 0.25) is 5.91 Å². The van der Waals surface area contributed by atoms with Crippen molar-refractivity contribution >= 4 is 11.8 Å². The minimum atomic E-state index is -3.33. The summed E-state index contributed by atoms with van der Waals surface area (Å²) in [4.78, 5) is 27.6. The first-order valence-corrected chi connectivity index (χ1v) is 12.3. The van der Waals surface area contributed by atoms with E-state index in [2.05, 4.69) is 20.9 Å². The molecule has 2 N–H and O–H groups in total. The third-order valence-electron chi connectivity index (χ3n) is 6.46. The average molecular weight is 528 g/mol. The van der Waals surface area contributed by atoms with Crippen LogP contribution in [0.25, 0.3) is 5.69 Å². The maximum Gasteiger partial charge on any atom is 0.251 e. The van der Waals surface area contributed by atoms with Crippen molar-refractivity contribution < 1.29 is 24.9 Å². The van der Waals surface area contributed by atoms with E-state index in [0.29, 0.717) is 17.1 Å². The van der Waals surface area contributed by atoms with Crippen LogP contribution in [-0.4, -0.2) is 88.3 Å². The summed E-state index contributed by atoms with van der Waals surface area (Å²) in [6, 6.07) is 11.0. The lowest BCUT2D eigenvalue weighted by Gasteiger charge is -2.34. The summed E-state index contributed by atoms with van der Waals surface area (Å²) in [5, 5.41) is 13.5. The molecule has 2 fully saturated rings. The maximum absolute atomic E-state index is 14.0. The second kappa shape index (κ2) is 11.8. The predicted molar refractivity (Wildman–Crippen MR) is 141 cm³/mol. The van der Waals surface area contributed by atoms with E-state index < -0.39 is 43.8 Å². The van der Waals surface area contributed by atoms with Crippen LogP contribution < -0.4 is 10.6 Å². The van der Waals surface area contributed by atoms with Crippen LogP contribution in [0.15, 0.2) is 60.9 Å². The van der Waals surface area contributed by atoms with Crippen molar-refractivity contribution in [2.45, 2.75) is 37.3 Å². The molecule has 2 heterocycles. The van der Waals surface area contributed by atoms with Crippen LogP contribution in [0.2, 0.25) is 0 Å². The SMILES string of the molecule is [2H]C1([2H])N(C)C([2H])([2H])C([2H])([2H])N(C(=O)[C@H](CCCN[C@@H]2C[C@H]2c2ccc(F)cc2)NC(=O)c2ccc(-n3ccnn3)cc2)C1([2H])[2H]. The molecule has 1 aromatic heterocycles. The van der Waals surface area contributed by atoms with E-state index in [0.717, 1.165) is 19.0 Å². The number of nitrogens with zero attached hydrogens (tertiary/aromatic N) is 5. The van der Waals surface area contributed by atoms with Crippen molar-refractivity contribution in [2.75, 3.05) is 39.6 Å². The molecule has 1 aliphatic carbocycles. The molecule has 3 atom stereocenters. The lowest BCUT2D eigenvalue weighted by atomic mass is 10.1. The van der Waals surface area contributed by atoms with E-state index in [1.54, 1.807) is 30.5 Å². The number of hydrogen-bond acceptors (Lipinski definition) is 6. The molecular weight excluding hydrogens is 485 g/mol. The number of benzene rings is 2. The molecule has 0 radical (unpaired) electrons. The Bertz CT molecular complexity index is 1530. The zero-order chi connectivity index (χ0) is 33.7. The average Bonchev–Trinajstić information content (AvgIpc) is 3.55. The first kappa shape index (κ1) is 17.8. The molecule has 2 aromatic carbocycles. The quantitative estimate of drug-likeness (QED) is 0.393. The van der Waals surface area contributed by atoms with E-state index >= 15 is 0 Å². The van der Waals surface area contributed by atoms with Crippen LogP contribution in [0.3, 0.4) is 0 Å². The monoisotopic (exact) mass is 527 g/mol. The molecule has 2 amide bonds. The zero-order valence-corrected chi connectivity index (χ0v) is 20.8. The number of carbonyl (C=O) groups is 2. The van der Waals surface area contributed by atoms with Gasteiger partial charge in [-0.15, -0.1) is 5.10 Å². The lowest BCUT2D eigenvalue weighted by Crippen LogP contribution is -2.54. The Labute approximate surface area is 233 Å². The predicted octanol–water partition coefficient (Wildman–Crippen LogP) is 2.20. The Balaban J connectivity index is 1.34. The summed E-state index contributed by atoms with van der Waals surface area (Å²) < 4.78 is 81.9. The van der Waals surface area contributed by atoms with Crippen LogP contribution in [-0.2, 0) is 4.79 Å². The van der Waals surface area contributed by atoms with Gasteiger partial charge in [0, 0.05) is 49.0 Å². The Morgan fingerprint density at radius 1 is 1.11 bits per heavy atom. The molecule has 0 unspecified atom stereocenters. The smallest absolute Gasteiger partial charge is 0.251 e. The molecule has 10 heteroatoms. The zero-order valence-electron chi connectivity index (χ0n) is 28.8. The van der Waals surface area contributed by atoms with Gasteiger partial charge in [0.25, 0.3) is 5.91 Å². The third-order valence-corrected chi connectivity index (χ3v) is 6.46. The summed E-state index contributed by atoms with van der Waals surface area (Å²) in [7, 11) is 0.905. The molecule has 0 spiro atoms. The minimum Gasteiger partial charge on any atom is -0.340 e. The summed E-state index contributed by atoms with van der Waals surface area (Å²) >= 11 is 0. The molecule has 3 aromatic rings. The van der Waals surface area contributed by atoms with Crippen LogP contribution in [0.1, 0.15) is 52.1 Å². The highest BCUT2D eigenvalue weighted by Gasteiger charge is 2.37. The molecule has 1 saturated heterocycles. The number of halogens is 1. The van der Waals surface area contributed by atoms with E-state index in [-0.39, 0.29) is 41.1 Å². The van der Waals surface area contributed by atoms with Gasteiger partial charge in [-0.05, 0) is 74.8 Å². The normalized spacial score (nSPS) is 28.6. The van der Waals surface area contributed by atoms with Gasteiger partial charge in [0.05, 0.1) is 23.6 Å². The highest BCUT2D eigenvalue weighted by Crippen LogP contribution is 2.40. The Kier molecular flexibility index (Phi) is 5.54. The number of amides is 2. The first-order valence-electron chi connectivity index (χ1n) is 16.3. The van der Waals surface area contributed by atoms with Crippen molar-refractivity contribution in [3.8, 4) is 5.69 Å². The van der Waals surface area contributed by atoms with Crippen LogP contribution in [0.5, 0.6) is 0 Å². The van der Waals surface area contributed by atoms with Crippen molar-refractivity contribution in [1.29, 1.82) is 0 Å². The molecule has 2 aliphatic rings. The lowest BCUT2D eigenvalue weighted by molar-refractivity contribution is -0.135. The third kappa shape index (κ3) is 6.43. The van der Waals surface area contributed by atoms with Crippen molar-refractivity contribution in [2.24, 2.45) is 0 Å². The van der Waals surface area contributed by atoms with Gasteiger partial charge in [-0.2, -0.15) is 0 Å². The molecule has 200 valence electrons. The number of hydrogen-bond donors (Lipinski definition) is 2. The van der Waals surface area contributed by atoms with Crippen molar-refractivity contribution in [3.05, 3.63) is 77.9 Å². The largest absolute Gasteiger partial charge is 0.340 e. The van der Waals surface area contributed by atoms with Gasteiger partial charge >= 0.3 is 0 Å². The van der Waals surface area contributed by atoms with Gasteiger partial charge in [-0.25, -0.2) is 9.07 Å². The second-order valence-electron chi connectivity index (χ2n) is 9.20. The van der Waals surface area contributed by atoms with E-state index in [9.17, 15) is 14.0 Å². The van der Waals surface area contributed by atoms with Gasteiger partial charge in [0.15, 0.2) is 0 Å². The van der Waals surface area contributed by atoms with Gasteiger partial charge < -0.3 is 20.4 Å². The van der Waals surface area contributed by atoms with Gasteiger partial charge in [-0.3, -0.25) is 9.59 Å². The van der Waals surface area contributed by atoms with Crippen LogP contribution in [0.4, 0.5) is 4.39 Å². The Hall–Kier alpha value is -3.63. The molecule has 1 saturated carbocycles. The van der Waals surface area contributed by atoms with Gasteiger partial charge in [-0.1, -0.05) is 17.3 Å². The molecular formula is C28H34FN7O2. The second-order valence-corrected chi connectivity index (χ2v) is 9.20. The number of nitrogens with one attached hydrogen (secondary N) is 2. The fourth-order valence-corrected chi connectivity index (χ4v) is 4.27. The summed E-state index contributed by atoms with van der Waals surface area (Å²) in [6.07, 6.45) is 4.09. The maximum atomic E-state index is 14.0. The van der Waals surface area contributed by atoms with Crippen molar-refractivity contribution in [3.63, 3.8) is 0 Å². The molecule has 38 heavy (non-hydrogen) atoms. The van der Waals surface area contributed by atoms with Crippen LogP contribution in [0, 0.1) is 5.82 Å². The highest BCUT2D eigenvalue weighted by atomic mass is 19.1. The summed E-state index contributed by atoms with van der Waals surface area (Å²) in [5.41, 5.74) is 1.72. The molecule has 5 rings (SSSR count). The van der Waals surface area contributed by atoms with E-state index in [1.165, 1.54) is 35.1 Å². The number of aromatic nitrogens is 3. The number of piperazine rings is 1. The molecule has 0 bridgehead atoms. The molecule has 1 aliphatic heterocycles. The first-order chi connectivity index (χ1) is 21.5. The molecule has 9 nitrogen and oxygen atoms in total. The highest BCUT2D eigenvalue weighted by molar-refractivity contribution is 5.97. The van der Waals surface area contributed by atoms with Crippen LogP contribution >= 0.6 is 0 Å². The van der Waals surface area contributed by atoms with E-state index in [4.69, 9.17) is 11.0 Å².